The van der Waals surface area contributed by atoms with Crippen molar-refractivity contribution in [1.82, 2.24) is 4.90 Å². The maximum atomic E-state index is 13.3. The lowest BCUT2D eigenvalue weighted by Gasteiger charge is -2.34. The van der Waals surface area contributed by atoms with Gasteiger partial charge in [-0.3, -0.25) is 4.79 Å². The topological polar surface area (TPSA) is 93.1 Å². The molecule has 7 nitrogen and oxygen atoms in total. The van der Waals surface area contributed by atoms with Gasteiger partial charge in [0.05, 0.1) is 36.0 Å². The van der Waals surface area contributed by atoms with Gasteiger partial charge in [0.2, 0.25) is 0 Å². The number of thioether (sulfide) groups is 1. The number of aromatic hydroxyl groups is 1. The van der Waals surface area contributed by atoms with Crippen LogP contribution in [0.4, 0.5) is 0 Å². The van der Waals surface area contributed by atoms with E-state index in [1.165, 1.54) is 50.3 Å². The Kier molecular flexibility index (Phi) is 5.77. The van der Waals surface area contributed by atoms with Crippen LogP contribution in [0.3, 0.4) is 0 Å². The molecule has 0 spiro atoms. The smallest absolute Gasteiger partial charge is 0.336 e. The van der Waals surface area contributed by atoms with Crippen LogP contribution in [0.1, 0.15) is 24.2 Å². The second kappa shape index (κ2) is 7.96. The first kappa shape index (κ1) is 21.0. The largest absolute Gasteiger partial charge is 0.507 e. The van der Waals surface area contributed by atoms with Crippen molar-refractivity contribution in [2.24, 2.45) is 0 Å². The molecule has 0 fully saturated rings. The number of methoxy groups -OCH3 is 2. The average molecular weight is 436 g/mol. The monoisotopic (exact) mass is 435 g/mol. The van der Waals surface area contributed by atoms with Crippen molar-refractivity contribution in [3.05, 3.63) is 61.6 Å². The van der Waals surface area contributed by atoms with Crippen LogP contribution < -0.4 is 0 Å². The normalized spacial score (nSPS) is 18.4. The van der Waals surface area contributed by atoms with E-state index < -0.39 is 23.8 Å². The summed E-state index contributed by atoms with van der Waals surface area (Å²) in [6.07, 6.45) is 1.32. The lowest BCUT2D eigenvalue weighted by atomic mass is 9.93. The third-order valence-corrected chi connectivity index (χ3v) is 6.16. The molecule has 0 saturated heterocycles. The fourth-order valence-electron chi connectivity index (χ4n) is 3.15. The molecule has 9 heteroatoms. The fourth-order valence-corrected chi connectivity index (χ4v) is 4.46. The number of esters is 2. The summed E-state index contributed by atoms with van der Waals surface area (Å²) in [6.45, 7) is 3.63. The Labute approximate surface area is 176 Å². The third kappa shape index (κ3) is 3.54. The van der Waals surface area contributed by atoms with E-state index in [0.29, 0.717) is 10.7 Å². The van der Waals surface area contributed by atoms with E-state index in [-0.39, 0.29) is 27.5 Å². The standard InChI is InChI=1S/C20H18ClNO6S/c1-9-10(2)29-18-14(17(24)12-7-11(21)5-6-15(12)23)8-13(19(25)27-3)16(22(9)18)20(26)28-4/h5-8,16,23H,1-4H3. The van der Waals surface area contributed by atoms with Crippen molar-refractivity contribution in [3.63, 3.8) is 0 Å². The summed E-state index contributed by atoms with van der Waals surface area (Å²) in [4.78, 5) is 40.7. The van der Waals surface area contributed by atoms with Crippen molar-refractivity contribution in [3.8, 4) is 5.75 Å². The van der Waals surface area contributed by atoms with Gasteiger partial charge in [0.25, 0.3) is 0 Å². The van der Waals surface area contributed by atoms with E-state index >= 15 is 0 Å². The number of fused-ring (bicyclic) bond motifs is 1. The van der Waals surface area contributed by atoms with Gasteiger partial charge in [-0.2, -0.15) is 0 Å². The zero-order chi connectivity index (χ0) is 21.5. The number of allylic oxidation sites excluding steroid dienone is 4. The van der Waals surface area contributed by atoms with Crippen molar-refractivity contribution in [1.29, 1.82) is 0 Å². The molecule has 0 aliphatic carbocycles. The molecule has 29 heavy (non-hydrogen) atoms. The Balaban J connectivity index is 2.24. The summed E-state index contributed by atoms with van der Waals surface area (Å²) in [7, 11) is 2.41. The number of carbonyl (C=O) groups excluding carboxylic acids is 3. The van der Waals surface area contributed by atoms with Crippen LogP contribution in [-0.2, 0) is 19.1 Å². The number of hydrogen-bond acceptors (Lipinski definition) is 8. The molecule has 0 amide bonds. The number of ether oxygens (including phenoxy) is 2. The molecule has 1 N–H and O–H groups in total. The molecule has 0 radical (unpaired) electrons. The van der Waals surface area contributed by atoms with Crippen LogP contribution in [0.15, 0.2) is 51.1 Å². The number of halogens is 1. The molecule has 152 valence electrons. The Morgan fingerprint density at radius 3 is 2.48 bits per heavy atom. The quantitative estimate of drug-likeness (QED) is 0.568. The van der Waals surface area contributed by atoms with Crippen LogP contribution in [-0.4, -0.2) is 48.0 Å². The number of nitrogens with zero attached hydrogens (tertiary/aromatic N) is 1. The predicted octanol–water partition coefficient (Wildman–Crippen LogP) is 3.39. The first-order chi connectivity index (χ1) is 13.7. The van der Waals surface area contributed by atoms with Crippen molar-refractivity contribution >= 4 is 41.1 Å². The second-order valence-electron chi connectivity index (χ2n) is 6.34. The first-order valence-corrected chi connectivity index (χ1v) is 9.70. The molecule has 0 bridgehead atoms. The zero-order valence-electron chi connectivity index (χ0n) is 16.1. The van der Waals surface area contributed by atoms with Gasteiger partial charge in [-0.1, -0.05) is 23.4 Å². The lowest BCUT2D eigenvalue weighted by Crippen LogP contribution is -2.44. The maximum Gasteiger partial charge on any atom is 0.336 e. The number of rotatable bonds is 4. The van der Waals surface area contributed by atoms with Gasteiger partial charge in [0.15, 0.2) is 11.8 Å². The number of benzene rings is 1. The van der Waals surface area contributed by atoms with Crippen LogP contribution >= 0.6 is 23.4 Å². The van der Waals surface area contributed by atoms with Gasteiger partial charge in [-0.05, 0) is 38.1 Å². The minimum absolute atomic E-state index is 0.0141. The van der Waals surface area contributed by atoms with E-state index in [2.05, 4.69) is 0 Å². The van der Waals surface area contributed by atoms with Gasteiger partial charge in [-0.25, -0.2) is 9.59 Å². The summed E-state index contributed by atoms with van der Waals surface area (Å²) < 4.78 is 9.73. The zero-order valence-corrected chi connectivity index (χ0v) is 17.7. The van der Waals surface area contributed by atoms with E-state index in [4.69, 9.17) is 21.1 Å². The number of phenolic OH excluding ortho intramolecular Hbond substituents is 1. The maximum absolute atomic E-state index is 13.3. The molecule has 2 aliphatic rings. The molecule has 1 atom stereocenters. The summed E-state index contributed by atoms with van der Waals surface area (Å²) in [5.41, 5.74) is 0.794. The molecule has 2 heterocycles. The van der Waals surface area contributed by atoms with Gasteiger partial charge in [-0.15, -0.1) is 0 Å². The highest BCUT2D eigenvalue weighted by atomic mass is 35.5. The molecule has 1 aromatic rings. The summed E-state index contributed by atoms with van der Waals surface area (Å²) in [5.74, 6) is -2.20. The Bertz CT molecular complexity index is 1030. The third-order valence-electron chi connectivity index (χ3n) is 4.72. The minimum Gasteiger partial charge on any atom is -0.507 e. The molecular weight excluding hydrogens is 418 g/mol. The molecule has 0 saturated carbocycles. The minimum atomic E-state index is -1.09. The fraction of sp³-hybridized carbons (Fsp3) is 0.250. The SMILES string of the molecule is COC(=O)C1=CC(C(=O)c2cc(Cl)ccc2O)=C2SC(C)=C(C)N2C1C(=O)OC. The van der Waals surface area contributed by atoms with E-state index in [1.54, 1.807) is 11.8 Å². The van der Waals surface area contributed by atoms with Gasteiger partial charge in [0, 0.05) is 15.6 Å². The summed E-state index contributed by atoms with van der Waals surface area (Å²) in [5, 5.41) is 10.9. The summed E-state index contributed by atoms with van der Waals surface area (Å²) >= 11 is 7.29. The highest BCUT2D eigenvalue weighted by Crippen LogP contribution is 2.48. The molecule has 0 aromatic heterocycles. The van der Waals surface area contributed by atoms with Crippen LogP contribution in [0, 0.1) is 0 Å². The number of phenols is 1. The summed E-state index contributed by atoms with van der Waals surface area (Å²) in [6, 6.07) is 3.04. The highest BCUT2D eigenvalue weighted by Gasteiger charge is 2.45. The number of Topliss-reactive ketones (excluding diaryl/α,β-unsaturated/α-hetero) is 1. The van der Waals surface area contributed by atoms with E-state index in [0.717, 1.165) is 4.91 Å². The molecule has 3 rings (SSSR count). The first-order valence-electron chi connectivity index (χ1n) is 8.51. The van der Waals surface area contributed by atoms with Gasteiger partial charge in [0.1, 0.15) is 5.75 Å². The van der Waals surface area contributed by atoms with E-state index in [1.807, 2.05) is 6.92 Å². The number of hydrogen-bond donors (Lipinski definition) is 1. The van der Waals surface area contributed by atoms with Crippen LogP contribution in [0.2, 0.25) is 5.02 Å². The van der Waals surface area contributed by atoms with Crippen LogP contribution in [0.25, 0.3) is 0 Å². The Morgan fingerprint density at radius 2 is 1.86 bits per heavy atom. The molecular formula is C20H18ClNO6S. The predicted molar refractivity (Wildman–Crippen MR) is 108 cm³/mol. The Hall–Kier alpha value is -2.71. The number of carbonyl (C=O) groups is 3. The second-order valence-corrected chi connectivity index (χ2v) is 7.98. The lowest BCUT2D eigenvalue weighted by molar-refractivity contribution is -0.147. The molecule has 1 unspecified atom stereocenters. The van der Waals surface area contributed by atoms with Crippen LogP contribution in [0.5, 0.6) is 5.75 Å². The molecule has 1 aromatic carbocycles. The molecule has 2 aliphatic heterocycles. The van der Waals surface area contributed by atoms with Crippen molar-refractivity contribution < 1.29 is 29.0 Å². The number of ketones is 1. The Morgan fingerprint density at radius 1 is 1.17 bits per heavy atom. The highest BCUT2D eigenvalue weighted by molar-refractivity contribution is 8.07. The van der Waals surface area contributed by atoms with Crippen molar-refractivity contribution in [2.75, 3.05) is 14.2 Å². The average Bonchev–Trinajstić information content (AvgIpc) is 3.01. The van der Waals surface area contributed by atoms with Crippen molar-refractivity contribution in [2.45, 2.75) is 19.9 Å². The van der Waals surface area contributed by atoms with Gasteiger partial charge < -0.3 is 19.5 Å². The van der Waals surface area contributed by atoms with Gasteiger partial charge >= 0.3 is 11.9 Å². The van der Waals surface area contributed by atoms with E-state index in [9.17, 15) is 19.5 Å².